The zero-order valence-electron chi connectivity index (χ0n) is 20.6. The summed E-state index contributed by atoms with van der Waals surface area (Å²) in [7, 11) is 1.49. The van der Waals surface area contributed by atoms with Crippen LogP contribution in [0, 0.1) is 0 Å². The quantitative estimate of drug-likeness (QED) is 0.208. The van der Waals surface area contributed by atoms with Crippen LogP contribution in [0.15, 0.2) is 45.6 Å². The van der Waals surface area contributed by atoms with Crippen LogP contribution in [0.4, 0.5) is 0 Å². The maximum atomic E-state index is 12.9. The van der Waals surface area contributed by atoms with E-state index >= 15 is 0 Å². The maximum absolute atomic E-state index is 12.9. The second-order valence-electron chi connectivity index (χ2n) is 8.69. The first-order valence-corrected chi connectivity index (χ1v) is 11.9. The molecule has 12 nitrogen and oxygen atoms in total. The lowest BCUT2D eigenvalue weighted by atomic mass is 9.99. The van der Waals surface area contributed by atoms with Crippen LogP contribution < -0.4 is 14.9 Å². The zero-order valence-corrected chi connectivity index (χ0v) is 20.6. The monoisotopic (exact) mass is 532 g/mol. The average Bonchev–Trinajstić information content (AvgIpc) is 2.90. The van der Waals surface area contributed by atoms with Gasteiger partial charge in [0.2, 0.25) is 12.0 Å². The Kier molecular flexibility index (Phi) is 8.07. The molecule has 3 aromatic rings. The number of aliphatic hydroxyl groups is 3. The highest BCUT2D eigenvalue weighted by molar-refractivity contribution is 5.91. The first kappa shape index (κ1) is 27.2. The van der Waals surface area contributed by atoms with E-state index in [0.717, 1.165) is 18.6 Å². The van der Waals surface area contributed by atoms with E-state index in [1.165, 1.54) is 7.11 Å². The first-order chi connectivity index (χ1) is 18.2. The highest BCUT2D eigenvalue weighted by Crippen LogP contribution is 2.42. The van der Waals surface area contributed by atoms with Crippen molar-refractivity contribution < 1.29 is 53.7 Å². The standard InChI is InChI=1S/C26H28O12/c1-3-4-9-35-25(33)24-20(31)19(30)21(32)26(38-24)37-22-16(29)10-14(27)18-15(28)11-17(36-23(18)22)12-5-7-13(34-2)8-6-12/h5-8,10-11,19-21,24,26-27,29-32H,3-4,9H2,1-2H3/t19-,20+,21+,24-,26+/m0/s1. The third-order valence-corrected chi connectivity index (χ3v) is 6.07. The maximum Gasteiger partial charge on any atom is 0.338 e. The third-order valence-electron chi connectivity index (χ3n) is 6.07. The van der Waals surface area contributed by atoms with Crippen LogP contribution in [0.3, 0.4) is 0 Å². The second-order valence-corrected chi connectivity index (χ2v) is 8.69. The number of ether oxygens (including phenoxy) is 4. The van der Waals surface area contributed by atoms with Crippen LogP contribution in [0.5, 0.6) is 23.0 Å². The van der Waals surface area contributed by atoms with Crippen LogP contribution in [0.25, 0.3) is 22.3 Å². The predicted molar refractivity (Wildman–Crippen MR) is 131 cm³/mol. The Morgan fingerprint density at radius 2 is 1.71 bits per heavy atom. The molecule has 2 aromatic carbocycles. The van der Waals surface area contributed by atoms with Gasteiger partial charge in [-0.15, -0.1) is 0 Å². The fourth-order valence-electron chi connectivity index (χ4n) is 3.95. The number of methoxy groups -OCH3 is 1. The Balaban J connectivity index is 1.73. The van der Waals surface area contributed by atoms with Gasteiger partial charge in [0.05, 0.1) is 13.7 Å². The summed E-state index contributed by atoms with van der Waals surface area (Å²) in [5.74, 6) is -2.18. The summed E-state index contributed by atoms with van der Waals surface area (Å²) < 4.78 is 27.0. The molecule has 1 aliphatic rings. The fourth-order valence-corrected chi connectivity index (χ4v) is 3.95. The number of unbranched alkanes of at least 4 members (excludes halogenated alkanes) is 1. The van der Waals surface area contributed by atoms with Crippen molar-refractivity contribution in [1.29, 1.82) is 0 Å². The highest BCUT2D eigenvalue weighted by atomic mass is 16.7. The number of esters is 1. The molecule has 2 heterocycles. The lowest BCUT2D eigenvalue weighted by Gasteiger charge is -2.39. The molecular weight excluding hydrogens is 504 g/mol. The van der Waals surface area contributed by atoms with Crippen LogP contribution in [-0.4, -0.2) is 75.9 Å². The molecule has 1 fully saturated rings. The number of hydrogen-bond acceptors (Lipinski definition) is 12. The molecule has 12 heteroatoms. The molecule has 204 valence electrons. The minimum atomic E-state index is -1.88. The van der Waals surface area contributed by atoms with Gasteiger partial charge >= 0.3 is 5.97 Å². The Labute approximate surface area is 216 Å². The number of aromatic hydroxyl groups is 2. The molecule has 1 aromatic heterocycles. The summed E-state index contributed by atoms with van der Waals surface area (Å²) in [6.07, 6.45) is -7.83. The molecule has 38 heavy (non-hydrogen) atoms. The van der Waals surface area contributed by atoms with Crippen molar-refractivity contribution in [3.63, 3.8) is 0 Å². The largest absolute Gasteiger partial charge is 0.507 e. The van der Waals surface area contributed by atoms with Crippen LogP contribution in [0.1, 0.15) is 19.8 Å². The van der Waals surface area contributed by atoms with Gasteiger partial charge in [-0.05, 0) is 30.7 Å². The number of hydrogen-bond donors (Lipinski definition) is 5. The summed E-state index contributed by atoms with van der Waals surface area (Å²) in [4.78, 5) is 25.3. The Hall–Kier alpha value is -3.84. The molecule has 0 radical (unpaired) electrons. The number of phenolic OH excluding ortho intramolecular Hbond substituents is 2. The molecule has 5 atom stereocenters. The molecule has 1 saturated heterocycles. The number of carbonyl (C=O) groups excluding carboxylic acids is 1. The zero-order chi connectivity index (χ0) is 27.6. The fraction of sp³-hybridized carbons (Fsp3) is 0.385. The molecule has 0 saturated carbocycles. The van der Waals surface area contributed by atoms with Crippen molar-refractivity contribution in [3.8, 4) is 34.3 Å². The topological polar surface area (TPSA) is 185 Å². The average molecular weight is 532 g/mol. The lowest BCUT2D eigenvalue weighted by Crippen LogP contribution is -2.61. The van der Waals surface area contributed by atoms with Crippen molar-refractivity contribution in [3.05, 3.63) is 46.6 Å². The van der Waals surface area contributed by atoms with Gasteiger partial charge < -0.3 is 48.9 Å². The number of benzene rings is 2. The van der Waals surface area contributed by atoms with Gasteiger partial charge in [0, 0.05) is 17.7 Å². The Morgan fingerprint density at radius 1 is 1.00 bits per heavy atom. The van der Waals surface area contributed by atoms with Crippen LogP contribution in [0.2, 0.25) is 0 Å². The van der Waals surface area contributed by atoms with E-state index in [1.54, 1.807) is 24.3 Å². The summed E-state index contributed by atoms with van der Waals surface area (Å²) in [6, 6.07) is 8.47. The summed E-state index contributed by atoms with van der Waals surface area (Å²) in [5, 5.41) is 51.7. The van der Waals surface area contributed by atoms with E-state index in [2.05, 4.69) is 0 Å². The van der Waals surface area contributed by atoms with E-state index in [4.69, 9.17) is 23.4 Å². The van der Waals surface area contributed by atoms with Gasteiger partial charge in [0.25, 0.3) is 0 Å². The first-order valence-electron chi connectivity index (χ1n) is 11.9. The van der Waals surface area contributed by atoms with Crippen molar-refractivity contribution in [2.45, 2.75) is 50.5 Å². The smallest absolute Gasteiger partial charge is 0.338 e. The van der Waals surface area contributed by atoms with Crippen LogP contribution in [-0.2, 0) is 14.3 Å². The van der Waals surface area contributed by atoms with E-state index in [0.29, 0.717) is 17.7 Å². The number of carbonyl (C=O) groups is 1. The molecule has 0 amide bonds. The molecule has 5 N–H and O–H groups in total. The Morgan fingerprint density at radius 3 is 2.37 bits per heavy atom. The third kappa shape index (κ3) is 5.24. The normalized spacial score (nSPS) is 23.2. The molecular formula is C26H28O12. The predicted octanol–water partition coefficient (Wildman–Crippen LogP) is 1.41. The van der Waals surface area contributed by atoms with Crippen LogP contribution >= 0.6 is 0 Å². The summed E-state index contributed by atoms with van der Waals surface area (Å²) in [5.41, 5.74) is -0.599. The molecule has 1 aliphatic heterocycles. The van der Waals surface area contributed by atoms with Crippen molar-refractivity contribution in [2.75, 3.05) is 13.7 Å². The van der Waals surface area contributed by atoms with Gasteiger partial charge in [-0.1, -0.05) is 13.3 Å². The molecule has 0 unspecified atom stereocenters. The van der Waals surface area contributed by atoms with Crippen molar-refractivity contribution in [1.82, 2.24) is 0 Å². The molecule has 0 spiro atoms. The summed E-state index contributed by atoms with van der Waals surface area (Å²) in [6.45, 7) is 1.94. The second kappa shape index (κ2) is 11.3. The van der Waals surface area contributed by atoms with Gasteiger partial charge in [-0.3, -0.25) is 4.79 Å². The molecule has 0 aliphatic carbocycles. The minimum absolute atomic E-state index is 0.0504. The van der Waals surface area contributed by atoms with Gasteiger partial charge in [-0.25, -0.2) is 4.79 Å². The van der Waals surface area contributed by atoms with E-state index in [-0.39, 0.29) is 23.3 Å². The van der Waals surface area contributed by atoms with Crippen molar-refractivity contribution in [2.24, 2.45) is 0 Å². The number of fused-ring (bicyclic) bond motifs is 1. The number of rotatable bonds is 8. The lowest BCUT2D eigenvalue weighted by molar-refractivity contribution is -0.272. The van der Waals surface area contributed by atoms with E-state index < -0.39 is 59.4 Å². The Bertz CT molecular complexity index is 1350. The number of phenols is 2. The number of aliphatic hydroxyl groups excluding tert-OH is 3. The van der Waals surface area contributed by atoms with Gasteiger partial charge in [0.15, 0.2) is 22.9 Å². The molecule has 0 bridgehead atoms. The van der Waals surface area contributed by atoms with E-state index in [9.17, 15) is 35.1 Å². The molecule has 4 rings (SSSR count). The summed E-state index contributed by atoms with van der Waals surface area (Å²) >= 11 is 0. The SMILES string of the molecule is CCCCOC(=O)[C@H]1O[C@@H](Oc2c(O)cc(O)c3c(=O)cc(-c4ccc(OC)cc4)oc23)[C@H](O)[C@@H](O)[C@H]1O. The van der Waals surface area contributed by atoms with Gasteiger partial charge in [-0.2, -0.15) is 0 Å². The highest BCUT2D eigenvalue weighted by Gasteiger charge is 2.49. The van der Waals surface area contributed by atoms with Gasteiger partial charge in [0.1, 0.15) is 41.0 Å². The van der Waals surface area contributed by atoms with Crippen molar-refractivity contribution >= 4 is 16.9 Å². The minimum Gasteiger partial charge on any atom is -0.507 e. The van der Waals surface area contributed by atoms with E-state index in [1.807, 2.05) is 6.92 Å².